The van der Waals surface area contributed by atoms with Gasteiger partial charge in [0.1, 0.15) is 11.0 Å². The topological polar surface area (TPSA) is 111 Å². The summed E-state index contributed by atoms with van der Waals surface area (Å²) in [5.41, 5.74) is 5.42. The zero-order valence-corrected chi connectivity index (χ0v) is 10.6. The predicted octanol–water partition coefficient (Wildman–Crippen LogP) is 0.740. The number of carboxylic acids is 1. The number of para-hydroxylation sites is 1. The highest BCUT2D eigenvalue weighted by Crippen LogP contribution is 2.26. The van der Waals surface area contributed by atoms with Crippen molar-refractivity contribution < 1.29 is 14.7 Å². The monoisotopic (exact) mass is 262 g/mol. The number of nitrogens with two attached hydrogens (primary N) is 1. The van der Waals surface area contributed by atoms with Crippen molar-refractivity contribution >= 4 is 22.9 Å². The summed E-state index contributed by atoms with van der Waals surface area (Å²) in [6.45, 7) is 3.51. The molecule has 0 fully saturated rings. The Balaban J connectivity index is 2.68. The number of nitrogens with zero attached hydrogens (tertiary/aromatic N) is 3. The lowest BCUT2D eigenvalue weighted by molar-refractivity contribution is -0.119. The number of carbonyl (C=O) groups is 2. The van der Waals surface area contributed by atoms with Crippen LogP contribution in [0.3, 0.4) is 0 Å². The van der Waals surface area contributed by atoms with Crippen molar-refractivity contribution in [3.05, 3.63) is 23.8 Å². The largest absolute Gasteiger partial charge is 0.478 e. The highest BCUT2D eigenvalue weighted by Gasteiger charge is 2.28. The van der Waals surface area contributed by atoms with E-state index in [0.29, 0.717) is 11.0 Å². The third-order valence-corrected chi connectivity index (χ3v) is 2.88. The Kier molecular flexibility index (Phi) is 2.97. The molecular formula is C12H14N4O3. The summed E-state index contributed by atoms with van der Waals surface area (Å²) in [5.74, 6) is -1.55. The molecule has 7 nitrogen and oxygen atoms in total. The van der Waals surface area contributed by atoms with Gasteiger partial charge < -0.3 is 10.8 Å². The summed E-state index contributed by atoms with van der Waals surface area (Å²) < 4.78 is 1.44. The van der Waals surface area contributed by atoms with E-state index in [1.165, 1.54) is 10.7 Å². The minimum absolute atomic E-state index is 0.0411. The van der Waals surface area contributed by atoms with Gasteiger partial charge in [0.2, 0.25) is 5.91 Å². The summed E-state index contributed by atoms with van der Waals surface area (Å²) in [6, 6.07) is 4.75. The van der Waals surface area contributed by atoms with E-state index in [-0.39, 0.29) is 12.0 Å². The van der Waals surface area contributed by atoms with Gasteiger partial charge >= 0.3 is 5.97 Å². The number of carbonyl (C=O) groups excluding carboxylic acids is 1. The lowest BCUT2D eigenvalue weighted by Gasteiger charge is -2.24. The van der Waals surface area contributed by atoms with Gasteiger partial charge in [-0.1, -0.05) is 11.3 Å². The molecule has 19 heavy (non-hydrogen) atoms. The maximum Gasteiger partial charge on any atom is 0.337 e. The first-order valence-corrected chi connectivity index (χ1v) is 5.69. The van der Waals surface area contributed by atoms with E-state index in [2.05, 4.69) is 10.3 Å². The number of hydrogen-bond acceptors (Lipinski definition) is 4. The Morgan fingerprint density at radius 3 is 2.68 bits per heavy atom. The summed E-state index contributed by atoms with van der Waals surface area (Å²) in [7, 11) is 0. The number of aromatic nitrogens is 3. The fourth-order valence-corrected chi connectivity index (χ4v) is 2.07. The fourth-order valence-electron chi connectivity index (χ4n) is 2.07. The number of amides is 1. The van der Waals surface area contributed by atoms with E-state index in [4.69, 9.17) is 5.73 Å². The van der Waals surface area contributed by atoms with Gasteiger partial charge in [0.05, 0.1) is 17.5 Å². The Bertz CT molecular complexity index is 660. The fraction of sp³-hybridized carbons (Fsp3) is 0.333. The van der Waals surface area contributed by atoms with Crippen molar-refractivity contribution in [3.8, 4) is 0 Å². The summed E-state index contributed by atoms with van der Waals surface area (Å²) in [5, 5.41) is 17.1. The standard InChI is InChI=1S/C12H14N4O3/c1-12(2,6-9(13)17)16-10-7(11(18)19)4-3-5-8(10)14-15-16/h3-5H,6H2,1-2H3,(H2,13,17)(H,18,19). The molecule has 100 valence electrons. The second-order valence-electron chi connectivity index (χ2n) is 4.94. The molecule has 7 heteroatoms. The average molecular weight is 262 g/mol. The molecule has 0 saturated carbocycles. The van der Waals surface area contributed by atoms with E-state index >= 15 is 0 Å². The summed E-state index contributed by atoms with van der Waals surface area (Å²) in [6.07, 6.45) is 0.0411. The number of aromatic carboxylic acids is 1. The third kappa shape index (κ3) is 2.26. The highest BCUT2D eigenvalue weighted by molar-refractivity contribution is 6.00. The molecule has 0 aliphatic rings. The number of primary amides is 1. The molecule has 2 aromatic rings. The molecule has 1 aromatic carbocycles. The van der Waals surface area contributed by atoms with E-state index in [1.54, 1.807) is 26.0 Å². The Labute approximate surface area is 109 Å². The van der Waals surface area contributed by atoms with Crippen molar-refractivity contribution in [1.29, 1.82) is 0 Å². The maximum atomic E-state index is 11.3. The van der Waals surface area contributed by atoms with Crippen molar-refractivity contribution in [2.24, 2.45) is 5.73 Å². The number of rotatable bonds is 4. The van der Waals surface area contributed by atoms with Gasteiger partial charge in [-0.25, -0.2) is 9.48 Å². The molecule has 0 bridgehead atoms. The van der Waals surface area contributed by atoms with Gasteiger partial charge in [-0.15, -0.1) is 5.10 Å². The lowest BCUT2D eigenvalue weighted by Crippen LogP contribution is -2.33. The Hall–Kier alpha value is -2.44. The molecule has 0 aliphatic carbocycles. The second kappa shape index (κ2) is 4.34. The molecule has 0 spiro atoms. The van der Waals surface area contributed by atoms with Gasteiger partial charge in [-0.2, -0.15) is 0 Å². The van der Waals surface area contributed by atoms with Crippen LogP contribution in [0.15, 0.2) is 18.2 Å². The van der Waals surface area contributed by atoms with E-state index < -0.39 is 17.4 Å². The number of benzene rings is 1. The number of hydrogen-bond donors (Lipinski definition) is 2. The maximum absolute atomic E-state index is 11.3. The van der Waals surface area contributed by atoms with Gasteiger partial charge in [-0.3, -0.25) is 4.79 Å². The Morgan fingerprint density at radius 2 is 2.11 bits per heavy atom. The Morgan fingerprint density at radius 1 is 1.42 bits per heavy atom. The minimum atomic E-state index is -1.07. The van der Waals surface area contributed by atoms with Crippen LogP contribution in [0.2, 0.25) is 0 Å². The molecule has 0 saturated heterocycles. The van der Waals surface area contributed by atoms with Crippen LogP contribution in [-0.2, 0) is 10.3 Å². The first-order valence-electron chi connectivity index (χ1n) is 5.69. The molecule has 1 heterocycles. The molecule has 3 N–H and O–H groups in total. The molecule has 0 unspecified atom stereocenters. The van der Waals surface area contributed by atoms with Crippen LogP contribution in [0.4, 0.5) is 0 Å². The van der Waals surface area contributed by atoms with Crippen LogP contribution in [0.5, 0.6) is 0 Å². The minimum Gasteiger partial charge on any atom is -0.478 e. The summed E-state index contributed by atoms with van der Waals surface area (Å²) in [4.78, 5) is 22.4. The van der Waals surface area contributed by atoms with Gasteiger partial charge in [-0.05, 0) is 26.0 Å². The van der Waals surface area contributed by atoms with Crippen LogP contribution in [0, 0.1) is 0 Å². The van der Waals surface area contributed by atoms with Crippen LogP contribution < -0.4 is 5.73 Å². The van der Waals surface area contributed by atoms with E-state index in [0.717, 1.165) is 0 Å². The quantitative estimate of drug-likeness (QED) is 0.844. The van der Waals surface area contributed by atoms with Crippen LogP contribution in [-0.4, -0.2) is 32.0 Å². The smallest absolute Gasteiger partial charge is 0.337 e. The molecular weight excluding hydrogens is 248 g/mol. The van der Waals surface area contributed by atoms with Crippen molar-refractivity contribution in [2.45, 2.75) is 25.8 Å². The van der Waals surface area contributed by atoms with Crippen LogP contribution in [0.1, 0.15) is 30.6 Å². The van der Waals surface area contributed by atoms with Crippen molar-refractivity contribution in [2.75, 3.05) is 0 Å². The van der Waals surface area contributed by atoms with Crippen LogP contribution >= 0.6 is 0 Å². The third-order valence-electron chi connectivity index (χ3n) is 2.88. The normalized spacial score (nSPS) is 11.7. The average Bonchev–Trinajstić information content (AvgIpc) is 2.70. The summed E-state index contributed by atoms with van der Waals surface area (Å²) >= 11 is 0. The molecule has 1 amide bonds. The van der Waals surface area contributed by atoms with Gasteiger partial charge in [0, 0.05) is 0 Å². The molecule has 0 aliphatic heterocycles. The van der Waals surface area contributed by atoms with E-state index in [9.17, 15) is 14.7 Å². The number of fused-ring (bicyclic) bond motifs is 1. The molecule has 0 atom stereocenters. The van der Waals surface area contributed by atoms with Crippen molar-refractivity contribution in [1.82, 2.24) is 15.0 Å². The van der Waals surface area contributed by atoms with Gasteiger partial charge in [0.15, 0.2) is 0 Å². The van der Waals surface area contributed by atoms with Gasteiger partial charge in [0.25, 0.3) is 0 Å². The first-order chi connectivity index (χ1) is 8.83. The second-order valence-corrected chi connectivity index (χ2v) is 4.94. The lowest BCUT2D eigenvalue weighted by atomic mass is 9.99. The van der Waals surface area contributed by atoms with Crippen molar-refractivity contribution in [3.63, 3.8) is 0 Å². The molecule has 0 radical (unpaired) electrons. The molecule has 2 rings (SSSR count). The van der Waals surface area contributed by atoms with E-state index in [1.807, 2.05) is 0 Å². The first kappa shape index (κ1) is 13.0. The zero-order valence-electron chi connectivity index (χ0n) is 10.6. The highest BCUT2D eigenvalue weighted by atomic mass is 16.4. The SMILES string of the molecule is CC(C)(CC(N)=O)n1nnc2cccc(C(=O)O)c21. The molecule has 1 aromatic heterocycles. The zero-order chi connectivity index (χ0) is 14.2. The predicted molar refractivity (Wildman–Crippen MR) is 67.6 cm³/mol. The number of carboxylic acid groups (broad SMARTS) is 1. The van der Waals surface area contributed by atoms with Crippen LogP contribution in [0.25, 0.3) is 11.0 Å².